The fourth-order valence-corrected chi connectivity index (χ4v) is 3.24. The number of carbonyl (C=O) groups excluding carboxylic acids is 2. The van der Waals surface area contributed by atoms with Crippen molar-refractivity contribution in [3.05, 3.63) is 54.3 Å². The molecule has 0 aliphatic heterocycles. The number of nitrogens with one attached hydrogen (secondary N) is 2. The van der Waals surface area contributed by atoms with Crippen LogP contribution in [0, 0.1) is 5.82 Å². The van der Waals surface area contributed by atoms with Crippen LogP contribution in [-0.4, -0.2) is 31.2 Å². The van der Waals surface area contributed by atoms with Gasteiger partial charge in [0.1, 0.15) is 5.82 Å². The molecule has 4 N–H and O–H groups in total. The highest BCUT2D eigenvalue weighted by molar-refractivity contribution is 8.01. The summed E-state index contributed by atoms with van der Waals surface area (Å²) in [5.74, 6) is -1.11. The smallest absolute Gasteiger partial charge is 0.238 e. The van der Waals surface area contributed by atoms with E-state index in [9.17, 15) is 22.4 Å². The molecule has 0 fully saturated rings. The number of hydrogen-bond acceptors (Lipinski definition) is 5. The van der Waals surface area contributed by atoms with E-state index in [1.807, 2.05) is 0 Å². The number of hydrogen-bond donors (Lipinski definition) is 3. The number of carbonyl (C=O) groups is 2. The third-order valence-corrected chi connectivity index (χ3v) is 5.45. The van der Waals surface area contributed by atoms with E-state index in [4.69, 9.17) is 5.14 Å². The van der Waals surface area contributed by atoms with Gasteiger partial charge in [0, 0.05) is 11.4 Å². The van der Waals surface area contributed by atoms with Gasteiger partial charge in [-0.25, -0.2) is 17.9 Å². The van der Waals surface area contributed by atoms with Gasteiger partial charge in [0.25, 0.3) is 0 Å². The number of amides is 2. The number of rotatable bonds is 7. The molecule has 7 nitrogen and oxygen atoms in total. The van der Waals surface area contributed by atoms with Crippen molar-refractivity contribution in [1.82, 2.24) is 0 Å². The van der Waals surface area contributed by atoms with Gasteiger partial charge in [-0.3, -0.25) is 9.59 Å². The number of primary sulfonamides is 1. The summed E-state index contributed by atoms with van der Waals surface area (Å²) in [5.41, 5.74) is 0.744. The molecule has 2 amide bonds. The normalized spacial score (nSPS) is 12.3. The van der Waals surface area contributed by atoms with Crippen molar-refractivity contribution in [1.29, 1.82) is 0 Å². The number of sulfonamides is 1. The van der Waals surface area contributed by atoms with Gasteiger partial charge in [-0.15, -0.1) is 11.8 Å². The topological polar surface area (TPSA) is 118 Å². The minimum absolute atomic E-state index is 0.0170. The fraction of sp³-hybridized carbons (Fsp3) is 0.176. The lowest BCUT2D eigenvalue weighted by molar-refractivity contribution is -0.115. The third kappa shape index (κ3) is 6.66. The van der Waals surface area contributed by atoms with Crippen molar-refractivity contribution in [3.8, 4) is 0 Å². The maximum atomic E-state index is 12.8. The third-order valence-electron chi connectivity index (χ3n) is 3.39. The molecule has 10 heteroatoms. The van der Waals surface area contributed by atoms with Crippen molar-refractivity contribution in [2.75, 3.05) is 16.4 Å². The summed E-state index contributed by atoms with van der Waals surface area (Å²) >= 11 is 1.10. The molecule has 2 aromatic rings. The van der Waals surface area contributed by atoms with Crippen molar-refractivity contribution in [2.24, 2.45) is 5.14 Å². The molecule has 0 aliphatic rings. The van der Waals surface area contributed by atoms with Crippen LogP contribution < -0.4 is 15.8 Å². The molecule has 144 valence electrons. The van der Waals surface area contributed by atoms with Crippen molar-refractivity contribution in [3.63, 3.8) is 0 Å². The first-order chi connectivity index (χ1) is 12.6. The lowest BCUT2D eigenvalue weighted by Crippen LogP contribution is -2.25. The predicted molar refractivity (Wildman–Crippen MR) is 103 cm³/mol. The lowest BCUT2D eigenvalue weighted by atomic mass is 10.3. The van der Waals surface area contributed by atoms with E-state index in [0.717, 1.165) is 11.8 Å². The Bertz CT molecular complexity index is 933. The van der Waals surface area contributed by atoms with Gasteiger partial charge in [-0.1, -0.05) is 6.07 Å². The van der Waals surface area contributed by atoms with Crippen LogP contribution in [0.4, 0.5) is 15.8 Å². The summed E-state index contributed by atoms with van der Waals surface area (Å²) in [5, 5.41) is 9.67. The Morgan fingerprint density at radius 3 is 2.41 bits per heavy atom. The fourth-order valence-electron chi connectivity index (χ4n) is 2.00. The van der Waals surface area contributed by atoms with Crippen LogP contribution in [0.2, 0.25) is 0 Å². The standard InChI is InChI=1S/C17H18FN3O4S2/c1-11(26-10-16(22)20-13-7-5-12(18)6-8-13)17(23)21-14-3-2-4-15(9-14)27(19,24)25/h2-9,11H,10H2,1H3,(H,20,22)(H,21,23)(H2,19,24,25)/t11-/m0/s1. The molecule has 0 saturated carbocycles. The Morgan fingerprint density at radius 2 is 1.78 bits per heavy atom. The molecule has 2 aromatic carbocycles. The summed E-state index contributed by atoms with van der Waals surface area (Å²) < 4.78 is 35.5. The van der Waals surface area contributed by atoms with Crippen LogP contribution >= 0.6 is 11.8 Å². The minimum atomic E-state index is -3.87. The zero-order valence-corrected chi connectivity index (χ0v) is 15.9. The first-order valence-electron chi connectivity index (χ1n) is 7.76. The van der Waals surface area contributed by atoms with Gasteiger partial charge in [0.05, 0.1) is 15.9 Å². The maximum Gasteiger partial charge on any atom is 0.238 e. The van der Waals surface area contributed by atoms with E-state index >= 15 is 0 Å². The van der Waals surface area contributed by atoms with Gasteiger partial charge in [-0.05, 0) is 49.4 Å². The van der Waals surface area contributed by atoms with Gasteiger partial charge >= 0.3 is 0 Å². The molecular formula is C17H18FN3O4S2. The quantitative estimate of drug-likeness (QED) is 0.645. The second kappa shape index (κ2) is 8.98. The van der Waals surface area contributed by atoms with Crippen LogP contribution in [0.1, 0.15) is 6.92 Å². The summed E-state index contributed by atoms with van der Waals surface area (Å²) in [4.78, 5) is 24.0. The summed E-state index contributed by atoms with van der Waals surface area (Å²) in [7, 11) is -3.87. The summed E-state index contributed by atoms with van der Waals surface area (Å²) in [6.07, 6.45) is 0. The van der Waals surface area contributed by atoms with E-state index < -0.39 is 21.1 Å². The van der Waals surface area contributed by atoms with Crippen molar-refractivity contribution in [2.45, 2.75) is 17.1 Å². The Balaban J connectivity index is 1.86. The molecule has 0 spiro atoms. The van der Waals surface area contributed by atoms with E-state index in [-0.39, 0.29) is 28.2 Å². The van der Waals surface area contributed by atoms with E-state index in [0.29, 0.717) is 5.69 Å². The molecule has 0 saturated heterocycles. The Labute approximate surface area is 160 Å². The number of benzene rings is 2. The van der Waals surface area contributed by atoms with Crippen molar-refractivity contribution >= 4 is 45.0 Å². The molecule has 0 radical (unpaired) electrons. The lowest BCUT2D eigenvalue weighted by Gasteiger charge is -2.12. The predicted octanol–water partition coefficient (Wildman–Crippen LogP) is 2.17. The minimum Gasteiger partial charge on any atom is -0.325 e. The second-order valence-electron chi connectivity index (χ2n) is 5.57. The first-order valence-corrected chi connectivity index (χ1v) is 10.4. The average molecular weight is 411 g/mol. The Kier molecular flexibility index (Phi) is 6.94. The first kappa shape index (κ1) is 20.9. The van der Waals surface area contributed by atoms with Gasteiger partial charge in [0.15, 0.2) is 0 Å². The molecule has 0 aromatic heterocycles. The number of anilines is 2. The van der Waals surface area contributed by atoms with E-state index in [1.54, 1.807) is 6.92 Å². The summed E-state index contributed by atoms with van der Waals surface area (Å²) in [6.45, 7) is 1.62. The zero-order valence-electron chi connectivity index (χ0n) is 14.3. The van der Waals surface area contributed by atoms with Crippen LogP contribution in [0.5, 0.6) is 0 Å². The van der Waals surface area contributed by atoms with Crippen molar-refractivity contribution < 1.29 is 22.4 Å². The number of nitrogens with two attached hydrogens (primary N) is 1. The van der Waals surface area contributed by atoms with Gasteiger partial charge in [-0.2, -0.15) is 0 Å². The largest absolute Gasteiger partial charge is 0.325 e. The highest BCUT2D eigenvalue weighted by Gasteiger charge is 2.16. The molecule has 0 aliphatic carbocycles. The monoisotopic (exact) mass is 411 g/mol. The molecular weight excluding hydrogens is 393 g/mol. The SMILES string of the molecule is C[C@H](SCC(=O)Nc1ccc(F)cc1)C(=O)Nc1cccc(S(N)(=O)=O)c1. The highest BCUT2D eigenvalue weighted by Crippen LogP contribution is 2.18. The van der Waals surface area contributed by atoms with Gasteiger partial charge in [0.2, 0.25) is 21.8 Å². The van der Waals surface area contributed by atoms with Crippen LogP contribution in [0.3, 0.4) is 0 Å². The summed E-state index contributed by atoms with van der Waals surface area (Å²) in [6, 6.07) is 10.9. The molecule has 0 bridgehead atoms. The van der Waals surface area contributed by atoms with E-state index in [2.05, 4.69) is 10.6 Å². The van der Waals surface area contributed by atoms with Crippen LogP contribution in [0.25, 0.3) is 0 Å². The second-order valence-corrected chi connectivity index (χ2v) is 8.46. The van der Waals surface area contributed by atoms with Crippen LogP contribution in [0.15, 0.2) is 53.4 Å². The van der Waals surface area contributed by atoms with Crippen LogP contribution in [-0.2, 0) is 19.6 Å². The van der Waals surface area contributed by atoms with E-state index in [1.165, 1.54) is 48.5 Å². The highest BCUT2D eigenvalue weighted by atomic mass is 32.2. The number of halogens is 1. The number of thioether (sulfide) groups is 1. The molecule has 0 heterocycles. The average Bonchev–Trinajstić information content (AvgIpc) is 2.61. The molecule has 27 heavy (non-hydrogen) atoms. The Morgan fingerprint density at radius 1 is 1.11 bits per heavy atom. The zero-order chi connectivity index (χ0) is 20.0. The Hall–Kier alpha value is -2.43. The molecule has 0 unspecified atom stereocenters. The molecule has 1 atom stereocenters. The van der Waals surface area contributed by atoms with Gasteiger partial charge < -0.3 is 10.6 Å². The molecule has 2 rings (SSSR count). The maximum absolute atomic E-state index is 12.8.